The van der Waals surface area contributed by atoms with E-state index in [1.807, 2.05) is 20.8 Å². The monoisotopic (exact) mass is 328 g/mol. The number of primary amides is 1. The van der Waals surface area contributed by atoms with Gasteiger partial charge in [0.1, 0.15) is 6.10 Å². The molecule has 5 N–H and O–H groups in total. The van der Waals surface area contributed by atoms with Gasteiger partial charge in [-0.15, -0.1) is 0 Å². The molecule has 6 heteroatoms. The number of carbonyl (C=O) groups is 1. The lowest BCUT2D eigenvalue weighted by atomic mass is 9.67. The van der Waals surface area contributed by atoms with Gasteiger partial charge in [0.2, 0.25) is 0 Å². The van der Waals surface area contributed by atoms with E-state index >= 15 is 0 Å². The molecule has 0 aromatic rings. The summed E-state index contributed by atoms with van der Waals surface area (Å²) < 4.78 is 11.5. The van der Waals surface area contributed by atoms with Gasteiger partial charge in [0, 0.05) is 5.54 Å². The molecule has 134 valence electrons. The van der Waals surface area contributed by atoms with Gasteiger partial charge in [0.25, 0.3) is 0 Å². The van der Waals surface area contributed by atoms with E-state index in [0.29, 0.717) is 6.42 Å². The normalized spacial score (nSPS) is 40.7. The molecule has 1 aliphatic heterocycles. The number of fused-ring (bicyclic) bond motifs is 1. The lowest BCUT2D eigenvalue weighted by Gasteiger charge is -2.43. The van der Waals surface area contributed by atoms with Crippen molar-refractivity contribution in [3.05, 3.63) is 0 Å². The van der Waals surface area contributed by atoms with Crippen LogP contribution in [-0.4, -0.2) is 41.2 Å². The summed E-state index contributed by atoms with van der Waals surface area (Å²) in [5.41, 5.74) is 10.9. The second-order valence-electron chi connectivity index (χ2n) is 8.03. The van der Waals surface area contributed by atoms with Crippen LogP contribution in [-0.2, 0) is 9.47 Å². The Kier molecular flexibility index (Phi) is 5.00. The number of aliphatic hydroxyl groups is 1. The quantitative estimate of drug-likeness (QED) is 0.729. The second-order valence-corrected chi connectivity index (χ2v) is 8.03. The highest BCUT2D eigenvalue weighted by atomic mass is 16.6. The summed E-state index contributed by atoms with van der Waals surface area (Å²) in [6.07, 6.45) is -0.150. The fourth-order valence-corrected chi connectivity index (χ4v) is 4.64. The van der Waals surface area contributed by atoms with E-state index in [1.165, 1.54) is 0 Å². The zero-order valence-electron chi connectivity index (χ0n) is 14.9. The van der Waals surface area contributed by atoms with Crippen LogP contribution in [0.5, 0.6) is 0 Å². The van der Waals surface area contributed by atoms with Crippen LogP contribution in [0.4, 0.5) is 4.79 Å². The summed E-state index contributed by atoms with van der Waals surface area (Å²) in [5.74, 6) is 0.282. The van der Waals surface area contributed by atoms with Gasteiger partial charge in [-0.25, -0.2) is 4.79 Å². The number of amides is 1. The lowest BCUT2D eigenvalue weighted by molar-refractivity contribution is -0.161. The van der Waals surface area contributed by atoms with Gasteiger partial charge in [-0.1, -0.05) is 34.6 Å². The van der Waals surface area contributed by atoms with Crippen molar-refractivity contribution < 1.29 is 19.4 Å². The number of aliphatic hydroxyl groups excluding tert-OH is 1. The number of hydrogen-bond donors (Lipinski definition) is 3. The Bertz CT molecular complexity index is 454. The topological polar surface area (TPSA) is 108 Å². The zero-order valence-corrected chi connectivity index (χ0v) is 14.9. The molecule has 0 aromatic carbocycles. The lowest BCUT2D eigenvalue weighted by Crippen LogP contribution is -2.57. The molecule has 1 saturated carbocycles. The zero-order chi connectivity index (χ0) is 17.6. The van der Waals surface area contributed by atoms with Crippen LogP contribution in [0.2, 0.25) is 0 Å². The maximum absolute atomic E-state index is 11.2. The van der Waals surface area contributed by atoms with Gasteiger partial charge in [0.15, 0.2) is 0 Å². The maximum Gasteiger partial charge on any atom is 0.404 e. The Morgan fingerprint density at radius 2 is 2.00 bits per heavy atom. The summed E-state index contributed by atoms with van der Waals surface area (Å²) in [7, 11) is 0. The third kappa shape index (κ3) is 2.85. The molecule has 1 saturated heterocycles. The molecule has 2 aliphatic rings. The van der Waals surface area contributed by atoms with E-state index in [-0.39, 0.29) is 29.5 Å². The number of nitrogens with two attached hydrogens (primary N) is 2. The third-order valence-corrected chi connectivity index (χ3v) is 6.32. The van der Waals surface area contributed by atoms with E-state index in [9.17, 15) is 9.90 Å². The van der Waals surface area contributed by atoms with Crippen LogP contribution < -0.4 is 11.5 Å². The second kappa shape index (κ2) is 6.22. The van der Waals surface area contributed by atoms with Crippen molar-refractivity contribution >= 4 is 6.09 Å². The molecule has 6 unspecified atom stereocenters. The standard InChI is InChI=1S/C17H32N2O4/c1-6-17(19)14(20)13-10(16(17,4)5)7-8-11(22-13)12(9(2)3)23-15(18)21/h9-14,20H,6-8,19H2,1-5H3,(H2,18,21). The summed E-state index contributed by atoms with van der Waals surface area (Å²) >= 11 is 0. The van der Waals surface area contributed by atoms with Crippen molar-refractivity contribution in [3.63, 3.8) is 0 Å². The minimum absolute atomic E-state index is 0.0874. The van der Waals surface area contributed by atoms with Crippen molar-refractivity contribution in [2.75, 3.05) is 0 Å². The molecular weight excluding hydrogens is 296 g/mol. The van der Waals surface area contributed by atoms with Crippen molar-refractivity contribution in [2.24, 2.45) is 28.7 Å². The molecule has 2 fully saturated rings. The van der Waals surface area contributed by atoms with Gasteiger partial charge < -0.3 is 26.0 Å². The maximum atomic E-state index is 11.2. The van der Waals surface area contributed by atoms with Crippen molar-refractivity contribution in [3.8, 4) is 0 Å². The molecule has 1 heterocycles. The molecule has 1 amide bonds. The minimum Gasteiger partial charge on any atom is -0.443 e. The van der Waals surface area contributed by atoms with Gasteiger partial charge >= 0.3 is 6.09 Å². The average molecular weight is 328 g/mol. The first kappa shape index (κ1) is 18.5. The highest BCUT2D eigenvalue weighted by molar-refractivity contribution is 5.64. The highest BCUT2D eigenvalue weighted by Gasteiger charge is 2.64. The molecule has 0 radical (unpaired) electrons. The van der Waals surface area contributed by atoms with Gasteiger partial charge in [-0.05, 0) is 36.5 Å². The SMILES string of the molecule is CCC1(N)C(O)C2OC(C(OC(N)=O)C(C)C)CCC2C1(C)C. The Morgan fingerprint density at radius 1 is 1.39 bits per heavy atom. The molecule has 0 spiro atoms. The molecule has 0 aromatic heterocycles. The fraction of sp³-hybridized carbons (Fsp3) is 0.941. The number of ether oxygens (including phenoxy) is 2. The van der Waals surface area contributed by atoms with Crippen LogP contribution in [0.25, 0.3) is 0 Å². The predicted octanol–water partition coefficient (Wildman–Crippen LogP) is 1.78. The Labute approximate surface area is 138 Å². The van der Waals surface area contributed by atoms with Gasteiger partial charge in [-0.3, -0.25) is 0 Å². The first-order valence-electron chi connectivity index (χ1n) is 8.64. The smallest absolute Gasteiger partial charge is 0.404 e. The summed E-state index contributed by atoms with van der Waals surface area (Å²) in [5, 5.41) is 10.8. The Balaban J connectivity index is 2.22. The number of rotatable bonds is 4. The third-order valence-electron chi connectivity index (χ3n) is 6.32. The van der Waals surface area contributed by atoms with Crippen LogP contribution in [0, 0.1) is 17.3 Å². The van der Waals surface area contributed by atoms with Crippen LogP contribution in [0.1, 0.15) is 53.9 Å². The molecule has 6 atom stereocenters. The predicted molar refractivity (Wildman–Crippen MR) is 87.7 cm³/mol. The van der Waals surface area contributed by atoms with Gasteiger partial charge in [0.05, 0.1) is 18.3 Å². The Morgan fingerprint density at radius 3 is 2.48 bits per heavy atom. The van der Waals surface area contributed by atoms with E-state index in [4.69, 9.17) is 20.9 Å². The molecule has 6 nitrogen and oxygen atoms in total. The molecule has 23 heavy (non-hydrogen) atoms. The molecular formula is C17H32N2O4. The van der Waals surface area contributed by atoms with Crippen molar-refractivity contribution in [1.29, 1.82) is 0 Å². The van der Waals surface area contributed by atoms with Gasteiger partial charge in [-0.2, -0.15) is 0 Å². The highest BCUT2D eigenvalue weighted by Crippen LogP contribution is 2.55. The van der Waals surface area contributed by atoms with Crippen LogP contribution in [0.15, 0.2) is 0 Å². The Hall–Kier alpha value is -0.850. The molecule has 0 bridgehead atoms. The average Bonchev–Trinajstić information content (AvgIpc) is 2.63. The van der Waals surface area contributed by atoms with E-state index in [2.05, 4.69) is 13.8 Å². The first-order chi connectivity index (χ1) is 10.6. The fourth-order valence-electron chi connectivity index (χ4n) is 4.64. The van der Waals surface area contributed by atoms with Crippen LogP contribution in [0.3, 0.4) is 0 Å². The van der Waals surface area contributed by atoms with E-state index < -0.39 is 23.8 Å². The number of carbonyl (C=O) groups excluding carboxylic acids is 1. The van der Waals surface area contributed by atoms with Crippen molar-refractivity contribution in [1.82, 2.24) is 0 Å². The van der Waals surface area contributed by atoms with Crippen molar-refractivity contribution in [2.45, 2.75) is 83.8 Å². The first-order valence-corrected chi connectivity index (χ1v) is 8.64. The minimum atomic E-state index is -0.788. The summed E-state index contributed by atoms with van der Waals surface area (Å²) in [4.78, 5) is 11.2. The van der Waals surface area contributed by atoms with E-state index in [1.54, 1.807) is 0 Å². The summed E-state index contributed by atoms with van der Waals surface area (Å²) in [6, 6.07) is 0. The summed E-state index contributed by atoms with van der Waals surface area (Å²) in [6.45, 7) is 10.2. The van der Waals surface area contributed by atoms with Crippen LogP contribution >= 0.6 is 0 Å². The van der Waals surface area contributed by atoms with E-state index in [0.717, 1.165) is 12.8 Å². The molecule has 2 rings (SSSR count). The number of hydrogen-bond acceptors (Lipinski definition) is 5. The molecule has 1 aliphatic carbocycles. The largest absolute Gasteiger partial charge is 0.443 e.